The van der Waals surface area contributed by atoms with Gasteiger partial charge < -0.3 is 9.88 Å². The predicted molar refractivity (Wildman–Crippen MR) is 101 cm³/mol. The lowest BCUT2D eigenvalue weighted by molar-refractivity contribution is -0.121. The van der Waals surface area contributed by atoms with E-state index in [0.29, 0.717) is 20.8 Å². The number of carbonyl (C=O) groups is 1. The van der Waals surface area contributed by atoms with Crippen LogP contribution < -0.4 is 10.9 Å². The molecule has 1 amide bonds. The highest BCUT2D eigenvalue weighted by molar-refractivity contribution is 7.73. The second-order valence-electron chi connectivity index (χ2n) is 5.50. The third kappa shape index (κ3) is 3.78. The molecule has 0 unspecified atom stereocenters. The number of hydrogen-bond acceptors (Lipinski definition) is 5. The van der Waals surface area contributed by atoms with Gasteiger partial charge in [-0.05, 0) is 29.9 Å². The van der Waals surface area contributed by atoms with E-state index in [4.69, 9.17) is 12.2 Å². The molecule has 0 aliphatic rings. The van der Waals surface area contributed by atoms with Gasteiger partial charge in [0, 0.05) is 13.1 Å². The maximum Gasteiger partial charge on any atom is 0.273 e. The first-order chi connectivity index (χ1) is 12.5. The van der Waals surface area contributed by atoms with Gasteiger partial charge in [-0.3, -0.25) is 14.2 Å². The lowest BCUT2D eigenvalue weighted by Crippen LogP contribution is -2.32. The topological polar surface area (TPSA) is 68.9 Å². The molecule has 1 aromatic carbocycles. The lowest BCUT2D eigenvalue weighted by atomic mass is 10.2. The number of nitrogens with zero attached hydrogens (tertiary/aromatic N) is 3. The number of benzene rings is 1. The fraction of sp³-hybridized carbons (Fsp3) is 0.176. The van der Waals surface area contributed by atoms with Gasteiger partial charge in [0.15, 0.2) is 9.60 Å². The molecule has 2 heterocycles. The molecule has 0 bridgehead atoms. The van der Waals surface area contributed by atoms with Gasteiger partial charge in [-0.2, -0.15) is 0 Å². The highest BCUT2D eigenvalue weighted by Crippen LogP contribution is 2.17. The lowest BCUT2D eigenvalue weighted by Gasteiger charge is -2.07. The van der Waals surface area contributed by atoms with Crippen LogP contribution in [0.15, 0.2) is 48.0 Å². The van der Waals surface area contributed by atoms with Crippen LogP contribution in [0.3, 0.4) is 0 Å². The Hall–Kier alpha value is -2.65. The number of allylic oxidation sites excluding steroid dienone is 1. The first-order valence-corrected chi connectivity index (χ1v) is 8.93. The summed E-state index contributed by atoms with van der Waals surface area (Å²) in [6.45, 7) is 4.22. The molecule has 0 aliphatic carbocycles. The Labute approximate surface area is 157 Å². The molecule has 9 heteroatoms. The molecule has 134 valence electrons. The number of thiazole rings is 1. The number of aromatic nitrogens is 3. The van der Waals surface area contributed by atoms with E-state index >= 15 is 0 Å². The summed E-state index contributed by atoms with van der Waals surface area (Å²) in [7, 11) is 0. The SMILES string of the molecule is C=CCn1c(=S)sc2c(=O)n(CC(=O)NCc3ccc(F)cc3)cnc21. The molecular formula is C17H15FN4O2S2. The van der Waals surface area contributed by atoms with Crippen molar-refractivity contribution in [3.8, 4) is 0 Å². The summed E-state index contributed by atoms with van der Waals surface area (Å²) in [5.74, 6) is -0.677. The molecule has 0 saturated carbocycles. The van der Waals surface area contributed by atoms with Gasteiger partial charge in [0.2, 0.25) is 5.91 Å². The Balaban J connectivity index is 1.76. The second kappa shape index (κ2) is 7.71. The molecule has 0 saturated heterocycles. The van der Waals surface area contributed by atoms with Crippen molar-refractivity contribution in [1.29, 1.82) is 0 Å². The minimum atomic E-state index is -0.341. The third-order valence-electron chi connectivity index (χ3n) is 3.67. The van der Waals surface area contributed by atoms with E-state index in [0.717, 1.165) is 5.56 Å². The van der Waals surface area contributed by atoms with E-state index in [1.54, 1.807) is 22.8 Å². The smallest absolute Gasteiger partial charge is 0.273 e. The van der Waals surface area contributed by atoms with Crippen LogP contribution >= 0.6 is 23.6 Å². The van der Waals surface area contributed by atoms with Gasteiger partial charge in [-0.15, -0.1) is 6.58 Å². The zero-order valence-corrected chi connectivity index (χ0v) is 15.3. The van der Waals surface area contributed by atoms with Gasteiger partial charge in [0.1, 0.15) is 23.4 Å². The van der Waals surface area contributed by atoms with Crippen LogP contribution in [0.25, 0.3) is 10.3 Å². The summed E-state index contributed by atoms with van der Waals surface area (Å²) < 4.78 is 16.8. The van der Waals surface area contributed by atoms with Crippen LogP contribution in [0.1, 0.15) is 5.56 Å². The minimum Gasteiger partial charge on any atom is -0.350 e. The van der Waals surface area contributed by atoms with Crippen molar-refractivity contribution in [2.45, 2.75) is 19.6 Å². The Morgan fingerprint density at radius 1 is 1.38 bits per heavy atom. The summed E-state index contributed by atoms with van der Waals surface area (Å²) >= 11 is 6.42. The van der Waals surface area contributed by atoms with Crippen LogP contribution in [-0.4, -0.2) is 20.0 Å². The first kappa shape index (κ1) is 18.2. The number of nitrogens with one attached hydrogen (secondary N) is 1. The molecule has 0 aliphatic heterocycles. The number of hydrogen-bond donors (Lipinski definition) is 1. The highest BCUT2D eigenvalue weighted by Gasteiger charge is 2.13. The normalized spacial score (nSPS) is 10.8. The van der Waals surface area contributed by atoms with Crippen molar-refractivity contribution in [3.05, 3.63) is 68.9 Å². The summed E-state index contributed by atoms with van der Waals surface area (Å²) in [5, 5.41) is 2.69. The quantitative estimate of drug-likeness (QED) is 0.519. The molecule has 3 rings (SSSR count). The highest BCUT2D eigenvalue weighted by atomic mass is 32.1. The molecule has 1 N–H and O–H groups in total. The molecule has 0 atom stereocenters. The van der Waals surface area contributed by atoms with Gasteiger partial charge in [0.25, 0.3) is 5.56 Å². The zero-order valence-electron chi connectivity index (χ0n) is 13.6. The first-order valence-electron chi connectivity index (χ1n) is 7.70. The summed E-state index contributed by atoms with van der Waals surface area (Å²) in [6, 6.07) is 5.83. The van der Waals surface area contributed by atoms with Crippen LogP contribution in [0.4, 0.5) is 4.39 Å². The third-order valence-corrected chi connectivity index (χ3v) is 5.10. The standard InChI is InChI=1S/C17H15FN4O2S2/c1-2-7-22-15-14(26-17(22)25)16(24)21(10-20-15)9-13(23)19-8-11-3-5-12(18)6-4-11/h2-6,10H,1,7-9H2,(H,19,23). The average molecular weight is 390 g/mol. The van der Waals surface area contributed by atoms with E-state index in [2.05, 4.69) is 16.9 Å². The number of rotatable bonds is 6. The van der Waals surface area contributed by atoms with Crippen LogP contribution in [-0.2, 0) is 24.4 Å². The Morgan fingerprint density at radius 3 is 2.81 bits per heavy atom. The van der Waals surface area contributed by atoms with Crippen molar-refractivity contribution in [2.75, 3.05) is 0 Å². The van der Waals surface area contributed by atoms with Gasteiger partial charge in [0.05, 0.1) is 0 Å². The summed E-state index contributed by atoms with van der Waals surface area (Å²) in [5.41, 5.74) is 0.943. The summed E-state index contributed by atoms with van der Waals surface area (Å²) in [4.78, 5) is 28.9. The van der Waals surface area contributed by atoms with E-state index in [1.807, 2.05) is 0 Å². The van der Waals surface area contributed by atoms with E-state index in [9.17, 15) is 14.0 Å². The zero-order chi connectivity index (χ0) is 18.7. The van der Waals surface area contributed by atoms with Gasteiger partial charge in [-0.1, -0.05) is 29.5 Å². The fourth-order valence-corrected chi connectivity index (χ4v) is 3.70. The Kier molecular flexibility index (Phi) is 5.38. The predicted octanol–water partition coefficient (Wildman–Crippen LogP) is 2.63. The van der Waals surface area contributed by atoms with E-state index in [-0.39, 0.29) is 30.4 Å². The van der Waals surface area contributed by atoms with E-state index < -0.39 is 0 Å². The number of fused-ring (bicyclic) bond motifs is 1. The summed E-state index contributed by atoms with van der Waals surface area (Å²) in [6.07, 6.45) is 3.02. The van der Waals surface area contributed by atoms with Gasteiger partial charge >= 0.3 is 0 Å². The number of amides is 1. The molecule has 0 radical (unpaired) electrons. The van der Waals surface area contributed by atoms with Crippen LogP contribution in [0.5, 0.6) is 0 Å². The van der Waals surface area contributed by atoms with Crippen LogP contribution in [0, 0.1) is 9.77 Å². The van der Waals surface area contributed by atoms with Crippen molar-refractivity contribution >= 4 is 39.8 Å². The van der Waals surface area contributed by atoms with Crippen LogP contribution in [0.2, 0.25) is 0 Å². The van der Waals surface area contributed by atoms with Crippen molar-refractivity contribution in [3.63, 3.8) is 0 Å². The van der Waals surface area contributed by atoms with Crippen molar-refractivity contribution in [1.82, 2.24) is 19.4 Å². The average Bonchev–Trinajstić information content (AvgIpc) is 2.94. The monoisotopic (exact) mass is 390 g/mol. The maximum atomic E-state index is 12.9. The fourth-order valence-electron chi connectivity index (χ4n) is 2.39. The largest absolute Gasteiger partial charge is 0.350 e. The number of carbonyl (C=O) groups excluding carboxylic acids is 1. The maximum absolute atomic E-state index is 12.9. The molecule has 6 nitrogen and oxygen atoms in total. The van der Waals surface area contributed by atoms with Gasteiger partial charge in [-0.25, -0.2) is 9.37 Å². The van der Waals surface area contributed by atoms with E-state index in [1.165, 1.54) is 34.4 Å². The molecule has 0 spiro atoms. The Morgan fingerprint density at radius 2 is 2.12 bits per heavy atom. The van der Waals surface area contributed by atoms with Crippen molar-refractivity contribution < 1.29 is 9.18 Å². The Bertz CT molecular complexity index is 1080. The minimum absolute atomic E-state index is 0.158. The molecule has 26 heavy (non-hydrogen) atoms. The second-order valence-corrected chi connectivity index (χ2v) is 7.14. The molecule has 0 fully saturated rings. The molecule has 2 aromatic heterocycles. The number of halogens is 1. The molecular weight excluding hydrogens is 375 g/mol. The molecule has 3 aromatic rings. The van der Waals surface area contributed by atoms with Crippen molar-refractivity contribution in [2.24, 2.45) is 0 Å².